The van der Waals surface area contributed by atoms with E-state index in [1.807, 2.05) is 26.8 Å². The van der Waals surface area contributed by atoms with E-state index < -0.39 is 0 Å². The molecule has 1 N–H and O–H groups in total. The van der Waals surface area contributed by atoms with Crippen molar-refractivity contribution in [1.29, 1.82) is 0 Å². The fourth-order valence-corrected chi connectivity index (χ4v) is 1.56. The SMILES string of the molecule is C#CC(NC(=O)c1ccccc1OCC)C(C)C. The van der Waals surface area contributed by atoms with E-state index in [9.17, 15) is 4.79 Å². The fraction of sp³-hybridized carbons (Fsp3) is 0.400. The summed E-state index contributed by atoms with van der Waals surface area (Å²) in [6.07, 6.45) is 5.40. The Morgan fingerprint density at radius 1 is 1.44 bits per heavy atom. The summed E-state index contributed by atoms with van der Waals surface area (Å²) in [4.78, 5) is 12.1. The van der Waals surface area contributed by atoms with Crippen LogP contribution in [0.25, 0.3) is 0 Å². The van der Waals surface area contributed by atoms with Gasteiger partial charge in [0.1, 0.15) is 5.75 Å². The highest BCUT2D eigenvalue weighted by molar-refractivity contribution is 5.97. The van der Waals surface area contributed by atoms with Crippen molar-refractivity contribution in [1.82, 2.24) is 5.32 Å². The molecule has 96 valence electrons. The second kappa shape index (κ2) is 6.70. The molecule has 3 heteroatoms. The highest BCUT2D eigenvalue weighted by Crippen LogP contribution is 2.18. The van der Waals surface area contributed by atoms with Crippen LogP contribution in [0, 0.1) is 18.3 Å². The smallest absolute Gasteiger partial charge is 0.256 e. The third-order valence-corrected chi connectivity index (χ3v) is 2.56. The van der Waals surface area contributed by atoms with E-state index in [4.69, 9.17) is 11.2 Å². The van der Waals surface area contributed by atoms with Gasteiger partial charge in [-0.3, -0.25) is 4.79 Å². The molecule has 0 radical (unpaired) electrons. The van der Waals surface area contributed by atoms with E-state index in [0.29, 0.717) is 17.9 Å². The van der Waals surface area contributed by atoms with Crippen molar-refractivity contribution >= 4 is 5.91 Å². The number of ether oxygens (including phenoxy) is 1. The van der Waals surface area contributed by atoms with Crippen molar-refractivity contribution in [3.05, 3.63) is 29.8 Å². The van der Waals surface area contributed by atoms with Crippen LogP contribution in [0.3, 0.4) is 0 Å². The largest absolute Gasteiger partial charge is 0.493 e. The molecule has 3 nitrogen and oxygen atoms in total. The fourth-order valence-electron chi connectivity index (χ4n) is 1.56. The Hall–Kier alpha value is -1.95. The molecule has 0 heterocycles. The normalized spacial score (nSPS) is 11.7. The Labute approximate surface area is 109 Å². The molecule has 0 fully saturated rings. The molecule has 0 aromatic heterocycles. The van der Waals surface area contributed by atoms with Crippen LogP contribution in [-0.2, 0) is 0 Å². The third-order valence-electron chi connectivity index (χ3n) is 2.56. The molecule has 0 saturated heterocycles. The van der Waals surface area contributed by atoms with Gasteiger partial charge in [0, 0.05) is 0 Å². The summed E-state index contributed by atoms with van der Waals surface area (Å²) in [5.74, 6) is 3.16. The van der Waals surface area contributed by atoms with Crippen LogP contribution in [-0.4, -0.2) is 18.6 Å². The Balaban J connectivity index is 2.87. The lowest BCUT2D eigenvalue weighted by molar-refractivity contribution is 0.0934. The zero-order chi connectivity index (χ0) is 13.5. The van der Waals surface area contributed by atoms with Crippen LogP contribution < -0.4 is 10.1 Å². The maximum absolute atomic E-state index is 12.1. The average molecular weight is 245 g/mol. The van der Waals surface area contributed by atoms with Crippen molar-refractivity contribution in [2.24, 2.45) is 5.92 Å². The van der Waals surface area contributed by atoms with E-state index in [2.05, 4.69) is 11.2 Å². The second-order valence-corrected chi connectivity index (χ2v) is 4.29. The molecule has 0 spiro atoms. The summed E-state index contributed by atoms with van der Waals surface area (Å²) >= 11 is 0. The first kappa shape index (κ1) is 14.1. The lowest BCUT2D eigenvalue weighted by Crippen LogP contribution is -2.37. The maximum Gasteiger partial charge on any atom is 0.256 e. The number of amides is 1. The van der Waals surface area contributed by atoms with Crippen LogP contribution in [0.1, 0.15) is 31.1 Å². The number of carbonyl (C=O) groups excluding carboxylic acids is 1. The molecular formula is C15H19NO2. The van der Waals surface area contributed by atoms with E-state index in [1.165, 1.54) is 0 Å². The summed E-state index contributed by atoms with van der Waals surface area (Å²) in [6.45, 7) is 6.35. The quantitative estimate of drug-likeness (QED) is 0.809. The van der Waals surface area contributed by atoms with E-state index in [0.717, 1.165) is 0 Å². The minimum Gasteiger partial charge on any atom is -0.493 e. The van der Waals surface area contributed by atoms with Crippen molar-refractivity contribution in [3.8, 4) is 18.1 Å². The minimum atomic E-state index is -0.271. The molecule has 1 rings (SSSR count). The topological polar surface area (TPSA) is 38.3 Å². The molecule has 0 saturated carbocycles. The standard InChI is InChI=1S/C15H19NO2/c1-5-13(11(3)4)16-15(17)12-9-7-8-10-14(12)18-6-2/h1,7-11,13H,6H2,2-4H3,(H,16,17). The van der Waals surface area contributed by atoms with E-state index >= 15 is 0 Å². The summed E-state index contributed by atoms with van der Waals surface area (Å²) in [7, 11) is 0. The Morgan fingerprint density at radius 3 is 2.67 bits per heavy atom. The van der Waals surface area contributed by atoms with Crippen LogP contribution in [0.2, 0.25) is 0 Å². The van der Waals surface area contributed by atoms with Crippen LogP contribution in [0.4, 0.5) is 0 Å². The minimum absolute atomic E-state index is 0.193. The molecule has 0 bridgehead atoms. The highest BCUT2D eigenvalue weighted by atomic mass is 16.5. The first-order valence-corrected chi connectivity index (χ1v) is 6.09. The number of terminal acetylenes is 1. The lowest BCUT2D eigenvalue weighted by atomic mass is 10.0. The average Bonchev–Trinajstić information content (AvgIpc) is 2.36. The van der Waals surface area contributed by atoms with Gasteiger partial charge in [-0.25, -0.2) is 0 Å². The molecule has 1 aromatic carbocycles. The molecule has 1 amide bonds. The number of para-hydroxylation sites is 1. The van der Waals surface area contributed by atoms with Gasteiger partial charge in [0.2, 0.25) is 0 Å². The first-order chi connectivity index (χ1) is 8.60. The van der Waals surface area contributed by atoms with Crippen LogP contribution in [0.15, 0.2) is 24.3 Å². The summed E-state index contributed by atoms with van der Waals surface area (Å²) in [5, 5.41) is 2.83. The summed E-state index contributed by atoms with van der Waals surface area (Å²) in [6, 6.07) is 6.88. The predicted octanol–water partition coefficient (Wildman–Crippen LogP) is 2.47. The Bertz CT molecular complexity index is 446. The van der Waals surface area contributed by atoms with Gasteiger partial charge in [-0.05, 0) is 25.0 Å². The van der Waals surface area contributed by atoms with Crippen LogP contribution >= 0.6 is 0 Å². The zero-order valence-corrected chi connectivity index (χ0v) is 11.1. The van der Waals surface area contributed by atoms with Gasteiger partial charge in [0.15, 0.2) is 0 Å². The summed E-state index contributed by atoms with van der Waals surface area (Å²) < 4.78 is 5.42. The second-order valence-electron chi connectivity index (χ2n) is 4.29. The predicted molar refractivity (Wildman–Crippen MR) is 72.5 cm³/mol. The van der Waals surface area contributed by atoms with Gasteiger partial charge in [-0.1, -0.05) is 31.9 Å². The lowest BCUT2D eigenvalue weighted by Gasteiger charge is -2.17. The van der Waals surface area contributed by atoms with Gasteiger partial charge >= 0.3 is 0 Å². The first-order valence-electron chi connectivity index (χ1n) is 6.09. The van der Waals surface area contributed by atoms with Crippen molar-refractivity contribution < 1.29 is 9.53 Å². The molecule has 1 atom stereocenters. The molecule has 1 aromatic rings. The number of hydrogen-bond acceptors (Lipinski definition) is 2. The maximum atomic E-state index is 12.1. The molecular weight excluding hydrogens is 226 g/mol. The van der Waals surface area contributed by atoms with Crippen molar-refractivity contribution in [3.63, 3.8) is 0 Å². The molecule has 0 aliphatic carbocycles. The Morgan fingerprint density at radius 2 is 2.11 bits per heavy atom. The number of benzene rings is 1. The van der Waals surface area contributed by atoms with Crippen molar-refractivity contribution in [2.45, 2.75) is 26.8 Å². The zero-order valence-electron chi connectivity index (χ0n) is 11.1. The van der Waals surface area contributed by atoms with Gasteiger partial charge in [0.05, 0.1) is 18.2 Å². The van der Waals surface area contributed by atoms with E-state index in [1.54, 1.807) is 18.2 Å². The van der Waals surface area contributed by atoms with Gasteiger partial charge in [-0.15, -0.1) is 6.42 Å². The molecule has 1 unspecified atom stereocenters. The monoisotopic (exact) mass is 245 g/mol. The molecule has 18 heavy (non-hydrogen) atoms. The number of rotatable bonds is 5. The van der Waals surface area contributed by atoms with Crippen molar-refractivity contribution in [2.75, 3.05) is 6.61 Å². The molecule has 0 aliphatic rings. The van der Waals surface area contributed by atoms with Gasteiger partial charge < -0.3 is 10.1 Å². The third kappa shape index (κ3) is 3.53. The van der Waals surface area contributed by atoms with Gasteiger partial charge in [-0.2, -0.15) is 0 Å². The van der Waals surface area contributed by atoms with Crippen LogP contribution in [0.5, 0.6) is 5.75 Å². The number of hydrogen-bond donors (Lipinski definition) is 1. The Kier molecular flexibility index (Phi) is 5.26. The number of nitrogens with one attached hydrogen (secondary N) is 1. The number of carbonyl (C=O) groups is 1. The highest BCUT2D eigenvalue weighted by Gasteiger charge is 2.17. The van der Waals surface area contributed by atoms with Gasteiger partial charge in [0.25, 0.3) is 5.91 Å². The molecule has 0 aliphatic heterocycles. The summed E-state index contributed by atoms with van der Waals surface area (Å²) in [5.41, 5.74) is 0.514. The van der Waals surface area contributed by atoms with E-state index in [-0.39, 0.29) is 17.9 Å².